The molecular formula is C7H6F3N3O. The Kier molecular flexibility index (Phi) is 2.70. The lowest BCUT2D eigenvalue weighted by molar-refractivity contribution is -0.138. The van der Waals surface area contributed by atoms with Gasteiger partial charge in [0, 0.05) is 6.20 Å². The van der Waals surface area contributed by atoms with Gasteiger partial charge < -0.3 is 0 Å². The topological polar surface area (TPSA) is 69.0 Å². The first-order chi connectivity index (χ1) is 6.46. The second kappa shape index (κ2) is 3.62. The van der Waals surface area contributed by atoms with Gasteiger partial charge in [-0.05, 0) is 12.1 Å². The quantitative estimate of drug-likeness (QED) is 0.368. The van der Waals surface area contributed by atoms with Gasteiger partial charge >= 0.3 is 6.18 Å². The number of nitrogens with one attached hydrogen (secondary N) is 2. The molecule has 4 nitrogen and oxygen atoms in total. The van der Waals surface area contributed by atoms with Crippen LogP contribution >= 0.6 is 0 Å². The van der Waals surface area contributed by atoms with Crippen LogP contribution in [0.15, 0.2) is 18.3 Å². The van der Waals surface area contributed by atoms with E-state index in [0.717, 1.165) is 18.3 Å². The van der Waals surface area contributed by atoms with Gasteiger partial charge in [0.05, 0.1) is 5.56 Å². The van der Waals surface area contributed by atoms with Crippen molar-refractivity contribution in [1.82, 2.24) is 10.5 Å². The summed E-state index contributed by atoms with van der Waals surface area (Å²) in [5.41, 5.74) is -0.385. The molecule has 0 fully saturated rings. The van der Waals surface area contributed by atoms with E-state index in [9.17, 15) is 13.2 Å². The Morgan fingerprint density at radius 2 is 2.14 bits per heavy atom. The highest BCUT2D eigenvalue weighted by molar-refractivity contribution is 5.95. The van der Waals surface area contributed by atoms with E-state index in [1.54, 1.807) is 0 Å². The van der Waals surface area contributed by atoms with Gasteiger partial charge in [0.25, 0.3) is 0 Å². The smallest absolute Gasteiger partial charge is 0.290 e. The Labute approximate surface area is 76.9 Å². The summed E-state index contributed by atoms with van der Waals surface area (Å²) in [5, 5.41) is 15.3. The van der Waals surface area contributed by atoms with E-state index in [4.69, 9.17) is 10.6 Å². The lowest BCUT2D eigenvalue weighted by Gasteiger charge is -2.10. The fraction of sp³-hybridized carbons (Fsp3) is 0.143. The number of pyridine rings is 1. The minimum absolute atomic E-state index is 0.637. The van der Waals surface area contributed by atoms with E-state index in [2.05, 4.69) is 4.98 Å². The van der Waals surface area contributed by atoms with Crippen molar-refractivity contribution in [3.05, 3.63) is 29.6 Å². The van der Waals surface area contributed by atoms with Gasteiger partial charge in [-0.1, -0.05) is 0 Å². The van der Waals surface area contributed by atoms with Crippen molar-refractivity contribution < 1.29 is 18.4 Å². The SMILES string of the molecule is N=C(NO)c1ncccc1C(F)(F)F. The Balaban J connectivity index is 3.23. The minimum atomic E-state index is -4.59. The Morgan fingerprint density at radius 1 is 1.50 bits per heavy atom. The van der Waals surface area contributed by atoms with E-state index in [-0.39, 0.29) is 0 Å². The average Bonchev–Trinajstić information content (AvgIpc) is 2.15. The molecule has 1 aromatic rings. The molecular weight excluding hydrogens is 199 g/mol. The first-order valence-corrected chi connectivity index (χ1v) is 3.48. The summed E-state index contributed by atoms with van der Waals surface area (Å²) in [6, 6.07) is 1.89. The molecule has 0 saturated carbocycles. The molecule has 76 valence electrons. The second-order valence-corrected chi connectivity index (χ2v) is 2.38. The number of aromatic nitrogens is 1. The number of amidine groups is 1. The first kappa shape index (κ1) is 10.5. The first-order valence-electron chi connectivity index (χ1n) is 3.48. The van der Waals surface area contributed by atoms with Crippen LogP contribution in [0, 0.1) is 5.41 Å². The van der Waals surface area contributed by atoms with Crippen LogP contribution in [0.1, 0.15) is 11.3 Å². The lowest BCUT2D eigenvalue weighted by Crippen LogP contribution is -2.24. The molecule has 7 heteroatoms. The Bertz CT molecular complexity index is 350. The highest BCUT2D eigenvalue weighted by atomic mass is 19.4. The van der Waals surface area contributed by atoms with Gasteiger partial charge in [-0.3, -0.25) is 21.1 Å². The molecule has 14 heavy (non-hydrogen) atoms. The molecule has 0 aliphatic heterocycles. The van der Waals surface area contributed by atoms with Crippen LogP contribution in [0.2, 0.25) is 0 Å². The van der Waals surface area contributed by atoms with Crippen LogP contribution in [0.5, 0.6) is 0 Å². The van der Waals surface area contributed by atoms with Gasteiger partial charge in [-0.25, -0.2) is 0 Å². The molecule has 1 rings (SSSR count). The zero-order valence-corrected chi connectivity index (χ0v) is 6.76. The van der Waals surface area contributed by atoms with Crippen molar-refractivity contribution in [3.63, 3.8) is 0 Å². The summed E-state index contributed by atoms with van der Waals surface area (Å²) in [7, 11) is 0. The number of hydrogen-bond donors (Lipinski definition) is 3. The third-order valence-corrected chi connectivity index (χ3v) is 1.46. The van der Waals surface area contributed by atoms with E-state index in [1.165, 1.54) is 5.48 Å². The predicted molar refractivity (Wildman–Crippen MR) is 41.0 cm³/mol. The van der Waals surface area contributed by atoms with E-state index in [1.807, 2.05) is 0 Å². The molecule has 0 unspecified atom stereocenters. The maximum absolute atomic E-state index is 12.3. The van der Waals surface area contributed by atoms with Crippen molar-refractivity contribution in [3.8, 4) is 0 Å². The van der Waals surface area contributed by atoms with Gasteiger partial charge in [0.15, 0.2) is 5.84 Å². The average molecular weight is 205 g/mol. The summed E-state index contributed by atoms with van der Waals surface area (Å²) < 4.78 is 36.9. The van der Waals surface area contributed by atoms with Crippen molar-refractivity contribution in [2.45, 2.75) is 6.18 Å². The van der Waals surface area contributed by atoms with Crippen LogP contribution < -0.4 is 5.48 Å². The summed E-state index contributed by atoms with van der Waals surface area (Å²) >= 11 is 0. The standard InChI is InChI=1S/C7H6F3N3O/c8-7(9,10)4-2-1-3-12-5(4)6(11)13-14/h1-3,14H,(H2,11,13). The van der Waals surface area contributed by atoms with E-state index >= 15 is 0 Å². The summed E-state index contributed by atoms with van der Waals surface area (Å²) in [6.45, 7) is 0. The molecule has 0 aliphatic rings. The lowest BCUT2D eigenvalue weighted by atomic mass is 10.2. The molecule has 1 heterocycles. The van der Waals surface area contributed by atoms with Gasteiger partial charge in [0.1, 0.15) is 5.69 Å². The van der Waals surface area contributed by atoms with Crippen LogP contribution in [-0.2, 0) is 6.18 Å². The van der Waals surface area contributed by atoms with Crippen LogP contribution in [0.3, 0.4) is 0 Å². The number of hydroxylamine groups is 1. The molecule has 1 aromatic heterocycles. The Hall–Kier alpha value is -1.63. The minimum Gasteiger partial charge on any atom is -0.290 e. The molecule has 0 saturated heterocycles. The molecule has 0 radical (unpaired) electrons. The second-order valence-electron chi connectivity index (χ2n) is 2.38. The molecule has 3 N–H and O–H groups in total. The van der Waals surface area contributed by atoms with Gasteiger partial charge in [-0.15, -0.1) is 0 Å². The molecule has 0 spiro atoms. The molecule has 0 amide bonds. The predicted octanol–water partition coefficient (Wildman–Crippen LogP) is 1.40. The van der Waals surface area contributed by atoms with Crippen LogP contribution in [-0.4, -0.2) is 16.0 Å². The van der Waals surface area contributed by atoms with E-state index < -0.39 is 23.3 Å². The molecule has 0 atom stereocenters. The highest BCUT2D eigenvalue weighted by Crippen LogP contribution is 2.30. The summed E-state index contributed by atoms with van der Waals surface area (Å²) in [4.78, 5) is 3.35. The zero-order chi connectivity index (χ0) is 10.8. The van der Waals surface area contributed by atoms with Crippen LogP contribution in [0.4, 0.5) is 13.2 Å². The zero-order valence-electron chi connectivity index (χ0n) is 6.76. The third-order valence-electron chi connectivity index (χ3n) is 1.46. The monoisotopic (exact) mass is 205 g/mol. The van der Waals surface area contributed by atoms with Gasteiger partial charge in [-0.2, -0.15) is 13.2 Å². The number of alkyl halides is 3. The summed E-state index contributed by atoms with van der Waals surface area (Å²) in [6.07, 6.45) is -3.48. The maximum Gasteiger partial charge on any atom is 0.418 e. The number of rotatable bonds is 1. The third kappa shape index (κ3) is 1.99. The normalized spacial score (nSPS) is 11.1. The van der Waals surface area contributed by atoms with Crippen LogP contribution in [0.25, 0.3) is 0 Å². The fourth-order valence-corrected chi connectivity index (χ4v) is 0.886. The van der Waals surface area contributed by atoms with Crippen molar-refractivity contribution in [1.29, 1.82) is 5.41 Å². The van der Waals surface area contributed by atoms with Crippen molar-refractivity contribution in [2.75, 3.05) is 0 Å². The number of hydrogen-bond acceptors (Lipinski definition) is 3. The van der Waals surface area contributed by atoms with Crippen molar-refractivity contribution >= 4 is 5.84 Å². The fourth-order valence-electron chi connectivity index (χ4n) is 0.886. The molecule has 0 aromatic carbocycles. The highest BCUT2D eigenvalue weighted by Gasteiger charge is 2.34. The molecule has 0 aliphatic carbocycles. The van der Waals surface area contributed by atoms with Crippen molar-refractivity contribution in [2.24, 2.45) is 0 Å². The Morgan fingerprint density at radius 3 is 2.64 bits per heavy atom. The largest absolute Gasteiger partial charge is 0.418 e. The molecule has 0 bridgehead atoms. The summed E-state index contributed by atoms with van der Waals surface area (Å²) in [5.74, 6) is -0.794. The maximum atomic E-state index is 12.3. The number of nitrogens with zero attached hydrogens (tertiary/aromatic N) is 1. The van der Waals surface area contributed by atoms with E-state index in [0.29, 0.717) is 0 Å². The van der Waals surface area contributed by atoms with Gasteiger partial charge in [0.2, 0.25) is 0 Å². The number of halogens is 3.